The Balaban J connectivity index is 0. The van der Waals surface area contributed by atoms with Crippen molar-refractivity contribution in [2.45, 2.75) is 6.92 Å². The average Bonchev–Trinajstić information content (AvgIpc) is 2.05. The third-order valence-electron chi connectivity index (χ3n) is 1.42. The standard InChI is InChI=1S/C8H9NO2.ClH.Pd/c1-6(9-11)7-2-4-8(10)5-3-7;;/h2-5,10-11H,1H3;1H;/q;;+2/p-2/b9-6+;;. The molecule has 0 aliphatic carbocycles. The summed E-state index contributed by atoms with van der Waals surface area (Å²) in [6, 6.07) is 6.11. The average molecular weight is 292 g/mol. The van der Waals surface area contributed by atoms with Crippen molar-refractivity contribution in [3.63, 3.8) is 0 Å². The Morgan fingerprint density at radius 3 is 2.15 bits per heavy atom. The molecule has 74 valence electrons. The predicted octanol–water partition coefficient (Wildman–Crippen LogP) is -2.04. The summed E-state index contributed by atoms with van der Waals surface area (Å²) in [4.78, 5) is 0. The minimum Gasteiger partial charge on any atom is -1.00 e. The minimum absolute atomic E-state index is 0. The van der Waals surface area contributed by atoms with Crippen LogP contribution in [0, 0.1) is 0 Å². The van der Waals surface area contributed by atoms with Crippen molar-refractivity contribution >= 4 is 5.71 Å². The van der Waals surface area contributed by atoms with E-state index in [1.165, 1.54) is 12.1 Å². The summed E-state index contributed by atoms with van der Waals surface area (Å²) in [5.41, 5.74) is 1.26. The summed E-state index contributed by atoms with van der Waals surface area (Å²) in [7, 11) is 0. The van der Waals surface area contributed by atoms with Gasteiger partial charge in [0.2, 0.25) is 0 Å². The second-order valence-electron chi connectivity index (χ2n) is 2.21. The zero-order valence-electron chi connectivity index (χ0n) is 6.81. The van der Waals surface area contributed by atoms with Gasteiger partial charge in [0.05, 0.1) is 5.71 Å². The molecule has 0 fully saturated rings. The van der Waals surface area contributed by atoms with Gasteiger partial charge in [0, 0.05) is 0 Å². The molecule has 0 aromatic heterocycles. The van der Waals surface area contributed by atoms with Gasteiger partial charge in [0.15, 0.2) is 0 Å². The number of hydrogen-bond acceptors (Lipinski definition) is 3. The maximum absolute atomic E-state index is 10.6. The predicted molar refractivity (Wildman–Crippen MR) is 39.9 cm³/mol. The van der Waals surface area contributed by atoms with E-state index in [1.54, 1.807) is 19.1 Å². The SMILES string of the molecule is C/C(=N\O)c1ccc([O-])cc1.[Cl-].[Pd+2]. The first kappa shape index (κ1) is 14.9. The Kier molecular flexibility index (Phi) is 7.94. The van der Waals surface area contributed by atoms with E-state index in [0.29, 0.717) is 5.71 Å². The molecule has 0 radical (unpaired) electrons. The van der Waals surface area contributed by atoms with Crippen LogP contribution in [0.25, 0.3) is 0 Å². The van der Waals surface area contributed by atoms with Crippen LogP contribution in [-0.4, -0.2) is 10.9 Å². The summed E-state index contributed by atoms with van der Waals surface area (Å²) in [5, 5.41) is 22.0. The second-order valence-corrected chi connectivity index (χ2v) is 2.21. The van der Waals surface area contributed by atoms with Crippen LogP contribution in [-0.2, 0) is 20.4 Å². The van der Waals surface area contributed by atoms with Crippen LogP contribution in [0.4, 0.5) is 0 Å². The van der Waals surface area contributed by atoms with Crippen molar-refractivity contribution < 1.29 is 43.1 Å². The molecule has 0 heterocycles. The first-order valence-corrected chi connectivity index (χ1v) is 3.20. The number of rotatable bonds is 1. The zero-order valence-corrected chi connectivity index (χ0v) is 9.12. The third-order valence-corrected chi connectivity index (χ3v) is 1.42. The molecule has 1 aromatic rings. The maximum atomic E-state index is 10.6. The molecule has 0 aliphatic heterocycles. The fraction of sp³-hybridized carbons (Fsp3) is 0.125. The summed E-state index contributed by atoms with van der Waals surface area (Å²) in [5.74, 6) is -0.0421. The topological polar surface area (TPSA) is 55.7 Å². The largest absolute Gasteiger partial charge is 2.00 e. The van der Waals surface area contributed by atoms with Gasteiger partial charge < -0.3 is 22.7 Å². The van der Waals surface area contributed by atoms with Crippen molar-refractivity contribution in [2.24, 2.45) is 5.16 Å². The molecule has 0 saturated carbocycles. The molecule has 0 amide bonds. The molecule has 0 bridgehead atoms. The molecule has 0 spiro atoms. The van der Waals surface area contributed by atoms with Crippen molar-refractivity contribution in [1.82, 2.24) is 0 Å². The molecule has 1 rings (SSSR count). The maximum Gasteiger partial charge on any atom is 2.00 e. The molecular weight excluding hydrogens is 284 g/mol. The van der Waals surface area contributed by atoms with E-state index in [4.69, 9.17) is 5.21 Å². The Morgan fingerprint density at radius 1 is 1.31 bits per heavy atom. The van der Waals surface area contributed by atoms with E-state index in [9.17, 15) is 5.11 Å². The van der Waals surface area contributed by atoms with Crippen LogP contribution in [0.15, 0.2) is 29.4 Å². The fourth-order valence-electron chi connectivity index (χ4n) is 0.754. The summed E-state index contributed by atoms with van der Waals surface area (Å²) in [6.45, 7) is 1.67. The first-order valence-electron chi connectivity index (χ1n) is 3.20. The zero-order chi connectivity index (χ0) is 8.27. The smallest absolute Gasteiger partial charge is 1.00 e. The van der Waals surface area contributed by atoms with E-state index >= 15 is 0 Å². The van der Waals surface area contributed by atoms with Gasteiger partial charge in [0.1, 0.15) is 0 Å². The Labute approximate surface area is 96.5 Å². The molecule has 1 aromatic carbocycles. The molecule has 3 nitrogen and oxygen atoms in total. The van der Waals surface area contributed by atoms with Gasteiger partial charge in [-0.1, -0.05) is 29.4 Å². The molecule has 5 heteroatoms. The third kappa shape index (κ3) is 4.28. The second kappa shape index (κ2) is 6.90. The van der Waals surface area contributed by atoms with Crippen LogP contribution in [0.3, 0.4) is 0 Å². The van der Waals surface area contributed by atoms with Gasteiger partial charge in [-0.25, -0.2) is 0 Å². The Hall–Kier alpha value is -0.558. The van der Waals surface area contributed by atoms with E-state index in [-0.39, 0.29) is 38.6 Å². The fourth-order valence-corrected chi connectivity index (χ4v) is 0.754. The van der Waals surface area contributed by atoms with Crippen LogP contribution >= 0.6 is 0 Å². The van der Waals surface area contributed by atoms with E-state index in [2.05, 4.69) is 5.16 Å². The molecule has 0 aliphatic rings. The number of oxime groups is 1. The molecule has 1 N–H and O–H groups in total. The van der Waals surface area contributed by atoms with E-state index < -0.39 is 0 Å². The summed E-state index contributed by atoms with van der Waals surface area (Å²) >= 11 is 0. The van der Waals surface area contributed by atoms with Gasteiger partial charge >= 0.3 is 20.4 Å². The van der Waals surface area contributed by atoms with E-state index in [1.807, 2.05) is 0 Å². The normalized spacial score (nSPS) is 9.77. The summed E-state index contributed by atoms with van der Waals surface area (Å²) < 4.78 is 0. The monoisotopic (exact) mass is 291 g/mol. The van der Waals surface area contributed by atoms with Gasteiger partial charge in [-0.2, -0.15) is 0 Å². The first-order chi connectivity index (χ1) is 5.24. The molecule has 0 unspecified atom stereocenters. The van der Waals surface area contributed by atoms with Gasteiger partial charge in [0.25, 0.3) is 0 Å². The molecule has 0 saturated heterocycles. The van der Waals surface area contributed by atoms with Crippen LogP contribution < -0.4 is 17.5 Å². The number of halogens is 1. The van der Waals surface area contributed by atoms with E-state index in [0.717, 1.165) is 5.56 Å². The number of hydrogen-bond donors (Lipinski definition) is 1. The van der Waals surface area contributed by atoms with Crippen molar-refractivity contribution in [3.8, 4) is 5.75 Å². The van der Waals surface area contributed by atoms with Crippen LogP contribution in [0.1, 0.15) is 12.5 Å². The van der Waals surface area contributed by atoms with Crippen molar-refractivity contribution in [2.75, 3.05) is 0 Å². The van der Waals surface area contributed by atoms with Gasteiger partial charge in [-0.05, 0) is 12.5 Å². The van der Waals surface area contributed by atoms with Crippen molar-refractivity contribution in [1.29, 1.82) is 0 Å². The molecule has 0 atom stereocenters. The van der Waals surface area contributed by atoms with Crippen molar-refractivity contribution in [3.05, 3.63) is 29.8 Å². The van der Waals surface area contributed by atoms with Crippen LogP contribution in [0.5, 0.6) is 5.75 Å². The molecular formula is C8H8ClNO2Pd. The van der Waals surface area contributed by atoms with Gasteiger partial charge in [-0.15, -0.1) is 5.75 Å². The number of nitrogens with zero attached hydrogens (tertiary/aromatic N) is 1. The molecule has 13 heavy (non-hydrogen) atoms. The van der Waals surface area contributed by atoms with Gasteiger partial charge in [-0.3, -0.25) is 0 Å². The number of benzene rings is 1. The van der Waals surface area contributed by atoms with Crippen LogP contribution in [0.2, 0.25) is 0 Å². The Morgan fingerprint density at radius 2 is 1.77 bits per heavy atom. The summed E-state index contributed by atoms with van der Waals surface area (Å²) in [6.07, 6.45) is 0. The quantitative estimate of drug-likeness (QED) is 0.281. The minimum atomic E-state index is -0.0421. The Bertz CT molecular complexity index is 274.